The lowest BCUT2D eigenvalue weighted by atomic mass is 10.1. The van der Waals surface area contributed by atoms with Gasteiger partial charge in [-0.2, -0.15) is 5.10 Å². The van der Waals surface area contributed by atoms with Crippen molar-refractivity contribution >= 4 is 11.6 Å². The summed E-state index contributed by atoms with van der Waals surface area (Å²) in [6.45, 7) is 5.26. The number of likely N-dealkylation sites (tertiary alicyclic amines) is 1. The Morgan fingerprint density at radius 1 is 1.43 bits per heavy atom. The van der Waals surface area contributed by atoms with Crippen LogP contribution >= 0.6 is 0 Å². The fraction of sp³-hybridized carbons (Fsp3) is 0.714. The molecule has 0 aromatic carbocycles. The normalized spacial score (nSPS) is 16.4. The number of carbonyl (C=O) groups is 1. The molecule has 7 heteroatoms. The van der Waals surface area contributed by atoms with Gasteiger partial charge in [0.1, 0.15) is 0 Å². The lowest BCUT2D eigenvalue weighted by Gasteiger charge is -2.31. The summed E-state index contributed by atoms with van der Waals surface area (Å²) in [5.41, 5.74) is 6.57. The number of hydrogen-bond donors (Lipinski definition) is 1. The molecule has 1 fully saturated rings. The number of aryl methyl sites for hydroxylation is 1. The number of rotatable bonds is 6. The predicted molar refractivity (Wildman–Crippen MR) is 79.0 cm³/mol. The van der Waals surface area contributed by atoms with Crippen LogP contribution in [0.15, 0.2) is 6.20 Å². The second-order valence-corrected chi connectivity index (χ2v) is 5.17. The molecule has 21 heavy (non-hydrogen) atoms. The number of amides is 1. The van der Waals surface area contributed by atoms with Gasteiger partial charge < -0.3 is 20.1 Å². The molecule has 118 valence electrons. The van der Waals surface area contributed by atoms with Crippen LogP contribution in [-0.4, -0.2) is 59.6 Å². The Labute approximate surface area is 125 Å². The summed E-state index contributed by atoms with van der Waals surface area (Å²) in [5.74, 6) is -0.0964. The summed E-state index contributed by atoms with van der Waals surface area (Å²) < 4.78 is 12.5. The summed E-state index contributed by atoms with van der Waals surface area (Å²) in [6, 6.07) is 0. The zero-order valence-electron chi connectivity index (χ0n) is 12.7. The van der Waals surface area contributed by atoms with Crippen molar-refractivity contribution in [2.45, 2.75) is 25.9 Å². The molecule has 0 bridgehead atoms. The van der Waals surface area contributed by atoms with Crippen LogP contribution in [0.4, 0.5) is 5.69 Å². The fourth-order valence-electron chi connectivity index (χ4n) is 2.47. The first-order valence-electron chi connectivity index (χ1n) is 7.39. The van der Waals surface area contributed by atoms with Crippen LogP contribution < -0.4 is 5.73 Å². The number of nitrogens with zero attached hydrogens (tertiary/aromatic N) is 3. The van der Waals surface area contributed by atoms with E-state index in [9.17, 15) is 4.79 Å². The van der Waals surface area contributed by atoms with E-state index >= 15 is 0 Å². The minimum absolute atomic E-state index is 0.0964. The van der Waals surface area contributed by atoms with Crippen molar-refractivity contribution < 1.29 is 14.3 Å². The third-order valence-electron chi connectivity index (χ3n) is 3.57. The highest BCUT2D eigenvalue weighted by atomic mass is 16.5. The van der Waals surface area contributed by atoms with E-state index in [0.29, 0.717) is 44.3 Å². The Hall–Kier alpha value is -1.60. The standard InChI is InChI=1S/C14H24N4O3/c1-3-20-8-9-21-11-4-6-18(7-5-11)14(19)13-12(15)10-17(2)16-13/h10-11H,3-9,15H2,1-2H3. The highest BCUT2D eigenvalue weighted by Crippen LogP contribution is 2.18. The average Bonchev–Trinajstić information content (AvgIpc) is 2.82. The zero-order valence-corrected chi connectivity index (χ0v) is 12.7. The first-order valence-corrected chi connectivity index (χ1v) is 7.39. The number of carbonyl (C=O) groups excluding carboxylic acids is 1. The van der Waals surface area contributed by atoms with E-state index in [2.05, 4.69) is 5.10 Å². The van der Waals surface area contributed by atoms with Gasteiger partial charge in [-0.15, -0.1) is 0 Å². The molecule has 2 N–H and O–H groups in total. The highest BCUT2D eigenvalue weighted by Gasteiger charge is 2.26. The summed E-state index contributed by atoms with van der Waals surface area (Å²) in [5, 5.41) is 4.13. The summed E-state index contributed by atoms with van der Waals surface area (Å²) in [7, 11) is 1.76. The number of hydrogen-bond acceptors (Lipinski definition) is 5. The number of nitrogens with two attached hydrogens (primary N) is 1. The van der Waals surface area contributed by atoms with E-state index < -0.39 is 0 Å². The molecule has 1 aromatic heterocycles. The molecular formula is C14H24N4O3. The van der Waals surface area contributed by atoms with Crippen molar-refractivity contribution in [3.05, 3.63) is 11.9 Å². The Bertz CT molecular complexity index is 467. The molecule has 1 aromatic rings. The molecule has 1 saturated heterocycles. The van der Waals surface area contributed by atoms with Gasteiger partial charge in [-0.3, -0.25) is 9.48 Å². The van der Waals surface area contributed by atoms with Gasteiger partial charge in [0.15, 0.2) is 5.69 Å². The molecule has 1 aliphatic rings. The van der Waals surface area contributed by atoms with Gasteiger partial charge in [0.25, 0.3) is 5.91 Å². The Morgan fingerprint density at radius 2 is 2.14 bits per heavy atom. The van der Waals surface area contributed by atoms with Gasteiger partial charge >= 0.3 is 0 Å². The van der Waals surface area contributed by atoms with E-state index in [4.69, 9.17) is 15.2 Å². The van der Waals surface area contributed by atoms with Gasteiger partial charge in [-0.05, 0) is 19.8 Å². The Kier molecular flexibility index (Phi) is 5.58. The molecule has 0 spiro atoms. The minimum Gasteiger partial charge on any atom is -0.396 e. The Morgan fingerprint density at radius 3 is 2.71 bits per heavy atom. The fourth-order valence-corrected chi connectivity index (χ4v) is 2.47. The van der Waals surface area contributed by atoms with Crippen molar-refractivity contribution in [1.82, 2.24) is 14.7 Å². The number of piperidine rings is 1. The van der Waals surface area contributed by atoms with Crippen LogP contribution in [0.25, 0.3) is 0 Å². The maximum absolute atomic E-state index is 12.3. The van der Waals surface area contributed by atoms with Gasteiger partial charge in [0, 0.05) is 32.9 Å². The van der Waals surface area contributed by atoms with Crippen LogP contribution in [0.1, 0.15) is 30.3 Å². The largest absolute Gasteiger partial charge is 0.396 e. The van der Waals surface area contributed by atoms with Gasteiger partial charge in [0.2, 0.25) is 0 Å². The van der Waals surface area contributed by atoms with Crippen LogP contribution in [0.3, 0.4) is 0 Å². The molecule has 1 aliphatic heterocycles. The minimum atomic E-state index is -0.0964. The average molecular weight is 296 g/mol. The monoisotopic (exact) mass is 296 g/mol. The lowest BCUT2D eigenvalue weighted by Crippen LogP contribution is -2.41. The first-order chi connectivity index (χ1) is 10.1. The summed E-state index contributed by atoms with van der Waals surface area (Å²) in [4.78, 5) is 14.1. The second-order valence-electron chi connectivity index (χ2n) is 5.17. The highest BCUT2D eigenvalue weighted by molar-refractivity contribution is 5.97. The molecule has 0 atom stereocenters. The SMILES string of the molecule is CCOCCOC1CCN(C(=O)c2nn(C)cc2N)CC1. The van der Waals surface area contributed by atoms with Gasteiger partial charge in [0.05, 0.1) is 25.0 Å². The summed E-state index contributed by atoms with van der Waals surface area (Å²) in [6.07, 6.45) is 3.53. The van der Waals surface area contributed by atoms with Crippen LogP contribution in [0.2, 0.25) is 0 Å². The zero-order chi connectivity index (χ0) is 15.2. The smallest absolute Gasteiger partial charge is 0.276 e. The van der Waals surface area contributed by atoms with Gasteiger partial charge in [-0.25, -0.2) is 0 Å². The second kappa shape index (κ2) is 7.42. The first kappa shape index (κ1) is 15.8. The molecule has 0 radical (unpaired) electrons. The topological polar surface area (TPSA) is 82.6 Å². The third kappa shape index (κ3) is 4.18. The maximum atomic E-state index is 12.3. The van der Waals surface area contributed by atoms with Crippen LogP contribution in [-0.2, 0) is 16.5 Å². The van der Waals surface area contributed by atoms with E-state index in [-0.39, 0.29) is 12.0 Å². The van der Waals surface area contributed by atoms with Crippen molar-refractivity contribution in [3.8, 4) is 0 Å². The predicted octanol–water partition coefficient (Wildman–Crippen LogP) is 0.660. The molecule has 0 aliphatic carbocycles. The van der Waals surface area contributed by atoms with Crippen molar-refractivity contribution in [3.63, 3.8) is 0 Å². The van der Waals surface area contributed by atoms with Crippen LogP contribution in [0.5, 0.6) is 0 Å². The summed E-state index contributed by atoms with van der Waals surface area (Å²) >= 11 is 0. The van der Waals surface area contributed by atoms with Gasteiger partial charge in [-0.1, -0.05) is 0 Å². The Balaban J connectivity index is 1.78. The maximum Gasteiger partial charge on any atom is 0.276 e. The molecule has 1 amide bonds. The molecule has 0 saturated carbocycles. The number of ether oxygens (including phenoxy) is 2. The van der Waals surface area contributed by atoms with E-state index in [1.165, 1.54) is 0 Å². The number of nitrogen functional groups attached to an aromatic ring is 1. The van der Waals surface area contributed by atoms with Crippen molar-refractivity contribution in [2.75, 3.05) is 38.6 Å². The van der Waals surface area contributed by atoms with E-state index in [1.807, 2.05) is 6.92 Å². The molecule has 2 rings (SSSR count). The van der Waals surface area contributed by atoms with Crippen molar-refractivity contribution in [2.24, 2.45) is 7.05 Å². The molecule has 0 unspecified atom stereocenters. The van der Waals surface area contributed by atoms with E-state index in [0.717, 1.165) is 12.8 Å². The van der Waals surface area contributed by atoms with E-state index in [1.54, 1.807) is 22.8 Å². The molecule has 7 nitrogen and oxygen atoms in total. The van der Waals surface area contributed by atoms with Crippen molar-refractivity contribution in [1.29, 1.82) is 0 Å². The molecular weight excluding hydrogens is 272 g/mol. The number of anilines is 1. The van der Waals surface area contributed by atoms with Crippen LogP contribution in [0, 0.1) is 0 Å². The molecule has 2 heterocycles. The lowest BCUT2D eigenvalue weighted by molar-refractivity contribution is -0.0183. The number of aromatic nitrogens is 2. The third-order valence-corrected chi connectivity index (χ3v) is 3.57. The quantitative estimate of drug-likeness (QED) is 0.780.